The Morgan fingerprint density at radius 2 is 1.30 bits per heavy atom. The van der Waals surface area contributed by atoms with Crippen LogP contribution in [0.5, 0.6) is 0 Å². The van der Waals surface area contributed by atoms with Gasteiger partial charge in [0.1, 0.15) is 0 Å². The van der Waals surface area contributed by atoms with E-state index in [-0.39, 0.29) is 0 Å². The normalized spacial score (nSPS) is 11.9. The molecule has 5 rings (SSSR count). The molecule has 23 heavy (non-hydrogen) atoms. The van der Waals surface area contributed by atoms with Gasteiger partial charge in [-0.1, -0.05) is 64.5 Å². The maximum absolute atomic E-state index is 6.29. The lowest BCUT2D eigenvalue weighted by Gasteiger charge is -2.07. The highest BCUT2D eigenvalue weighted by molar-refractivity contribution is 9.10. The summed E-state index contributed by atoms with van der Waals surface area (Å²) in [5.74, 6) is 0. The van der Waals surface area contributed by atoms with Crippen molar-refractivity contribution in [3.63, 3.8) is 0 Å². The molecule has 110 valence electrons. The van der Waals surface area contributed by atoms with Crippen LogP contribution in [0, 0.1) is 0 Å². The molecule has 0 atom stereocenters. The van der Waals surface area contributed by atoms with E-state index in [1.807, 2.05) is 6.07 Å². The summed E-state index contributed by atoms with van der Waals surface area (Å²) >= 11 is 5.39. The summed E-state index contributed by atoms with van der Waals surface area (Å²) < 4.78 is 3.52. The van der Waals surface area contributed by atoms with E-state index in [0.29, 0.717) is 0 Å². The molecule has 3 heteroatoms. The number of benzene rings is 4. The number of fused-ring (bicyclic) bond motifs is 8. The van der Waals surface area contributed by atoms with Crippen LogP contribution in [0.1, 0.15) is 0 Å². The molecule has 1 nitrogen and oxygen atoms in total. The SMILES string of the molecule is Nc1cc(Br)cc2c1sc1c3ccccc3c3ccccc3c21. The van der Waals surface area contributed by atoms with E-state index in [0.717, 1.165) is 10.2 Å². The summed E-state index contributed by atoms with van der Waals surface area (Å²) in [6.45, 7) is 0. The number of nitrogens with two attached hydrogens (primary N) is 1. The Morgan fingerprint density at radius 3 is 2.04 bits per heavy atom. The van der Waals surface area contributed by atoms with Gasteiger partial charge in [0, 0.05) is 25.3 Å². The lowest BCUT2D eigenvalue weighted by molar-refractivity contribution is 1.75. The molecule has 1 aromatic heterocycles. The predicted molar refractivity (Wildman–Crippen MR) is 106 cm³/mol. The number of halogens is 1. The van der Waals surface area contributed by atoms with Crippen molar-refractivity contribution in [2.24, 2.45) is 0 Å². The zero-order chi connectivity index (χ0) is 15.6. The van der Waals surface area contributed by atoms with Crippen molar-refractivity contribution >= 4 is 74.7 Å². The Morgan fingerprint density at radius 1 is 0.696 bits per heavy atom. The van der Waals surface area contributed by atoms with E-state index in [1.54, 1.807) is 11.3 Å². The number of hydrogen-bond donors (Lipinski definition) is 1. The minimum atomic E-state index is 0.837. The van der Waals surface area contributed by atoms with Crippen LogP contribution < -0.4 is 5.73 Å². The van der Waals surface area contributed by atoms with Crippen LogP contribution in [0.3, 0.4) is 0 Å². The second-order valence-electron chi connectivity index (χ2n) is 5.77. The molecule has 0 unspecified atom stereocenters. The van der Waals surface area contributed by atoms with Gasteiger partial charge in [0.2, 0.25) is 0 Å². The smallest absolute Gasteiger partial charge is 0.0586 e. The van der Waals surface area contributed by atoms with Gasteiger partial charge < -0.3 is 5.73 Å². The monoisotopic (exact) mass is 377 g/mol. The van der Waals surface area contributed by atoms with Crippen molar-refractivity contribution in [3.8, 4) is 0 Å². The van der Waals surface area contributed by atoms with Gasteiger partial charge in [-0.3, -0.25) is 0 Å². The third-order valence-electron chi connectivity index (χ3n) is 4.44. The molecule has 0 aliphatic rings. The fraction of sp³-hybridized carbons (Fsp3) is 0. The van der Waals surface area contributed by atoms with Crippen molar-refractivity contribution in [1.29, 1.82) is 0 Å². The standard InChI is InChI=1S/C20H12BrNS/c21-11-9-16-18-14-7-3-1-5-12(14)13-6-2-4-8-15(13)20(18)23-19(16)17(22)10-11/h1-10H,22H2. The average Bonchev–Trinajstić information content (AvgIpc) is 2.95. The first-order valence-electron chi connectivity index (χ1n) is 7.45. The molecule has 0 saturated carbocycles. The molecule has 0 spiro atoms. The maximum atomic E-state index is 6.29. The number of thiophene rings is 1. The molecule has 1 heterocycles. The Kier molecular flexibility index (Phi) is 2.73. The first-order chi connectivity index (χ1) is 11.2. The molecule has 0 aliphatic heterocycles. The van der Waals surface area contributed by atoms with E-state index in [2.05, 4.69) is 70.5 Å². The van der Waals surface area contributed by atoms with Gasteiger partial charge in [0.15, 0.2) is 0 Å². The van der Waals surface area contributed by atoms with E-state index < -0.39 is 0 Å². The highest BCUT2D eigenvalue weighted by Gasteiger charge is 2.15. The molecular formula is C20H12BrNS. The van der Waals surface area contributed by atoms with Crippen molar-refractivity contribution in [1.82, 2.24) is 0 Å². The molecule has 0 radical (unpaired) electrons. The van der Waals surface area contributed by atoms with Crippen molar-refractivity contribution in [3.05, 3.63) is 65.1 Å². The molecule has 2 N–H and O–H groups in total. The second kappa shape index (κ2) is 4.70. The minimum absolute atomic E-state index is 0.837. The van der Waals surface area contributed by atoms with Crippen LogP contribution in [0.4, 0.5) is 5.69 Å². The van der Waals surface area contributed by atoms with Crippen LogP contribution in [0.25, 0.3) is 41.7 Å². The Bertz CT molecular complexity index is 1240. The summed E-state index contributed by atoms with van der Waals surface area (Å²) in [4.78, 5) is 0. The Labute approximate surface area is 145 Å². The van der Waals surface area contributed by atoms with Crippen LogP contribution in [0.2, 0.25) is 0 Å². The van der Waals surface area contributed by atoms with Gasteiger partial charge in [-0.05, 0) is 28.3 Å². The van der Waals surface area contributed by atoms with E-state index in [4.69, 9.17) is 5.73 Å². The largest absolute Gasteiger partial charge is 0.398 e. The number of hydrogen-bond acceptors (Lipinski definition) is 2. The zero-order valence-electron chi connectivity index (χ0n) is 12.1. The zero-order valence-corrected chi connectivity index (χ0v) is 14.5. The third kappa shape index (κ3) is 1.78. The van der Waals surface area contributed by atoms with E-state index in [9.17, 15) is 0 Å². The molecule has 0 amide bonds. The molecule has 0 fully saturated rings. The molecule has 0 saturated heterocycles. The molecule has 5 aromatic rings. The predicted octanol–water partition coefficient (Wildman–Crippen LogP) is 6.71. The highest BCUT2D eigenvalue weighted by Crippen LogP contribution is 2.46. The second-order valence-corrected chi connectivity index (χ2v) is 7.71. The third-order valence-corrected chi connectivity index (χ3v) is 6.19. The lowest BCUT2D eigenvalue weighted by atomic mass is 9.97. The van der Waals surface area contributed by atoms with Crippen molar-refractivity contribution < 1.29 is 0 Å². The van der Waals surface area contributed by atoms with Gasteiger partial charge in [0.25, 0.3) is 0 Å². The summed E-state index contributed by atoms with van der Waals surface area (Å²) in [5.41, 5.74) is 7.13. The van der Waals surface area contributed by atoms with Crippen LogP contribution in [-0.4, -0.2) is 0 Å². The van der Waals surface area contributed by atoms with Crippen LogP contribution in [-0.2, 0) is 0 Å². The Balaban J connectivity index is 2.22. The number of anilines is 1. The highest BCUT2D eigenvalue weighted by atomic mass is 79.9. The van der Waals surface area contributed by atoms with Crippen molar-refractivity contribution in [2.45, 2.75) is 0 Å². The van der Waals surface area contributed by atoms with Crippen LogP contribution in [0.15, 0.2) is 65.1 Å². The number of rotatable bonds is 0. The van der Waals surface area contributed by atoms with Gasteiger partial charge in [-0.15, -0.1) is 11.3 Å². The lowest BCUT2D eigenvalue weighted by Crippen LogP contribution is -1.84. The molecule has 0 aliphatic carbocycles. The fourth-order valence-electron chi connectivity index (χ4n) is 3.50. The maximum Gasteiger partial charge on any atom is 0.0586 e. The van der Waals surface area contributed by atoms with Gasteiger partial charge in [0.05, 0.1) is 10.4 Å². The summed E-state index contributed by atoms with van der Waals surface area (Å²) in [5, 5.41) is 7.75. The van der Waals surface area contributed by atoms with E-state index >= 15 is 0 Å². The minimum Gasteiger partial charge on any atom is -0.398 e. The summed E-state index contributed by atoms with van der Waals surface area (Å²) in [7, 11) is 0. The van der Waals surface area contributed by atoms with Gasteiger partial charge >= 0.3 is 0 Å². The molecule has 4 aromatic carbocycles. The van der Waals surface area contributed by atoms with Gasteiger partial charge in [-0.25, -0.2) is 0 Å². The molecular weight excluding hydrogens is 366 g/mol. The Hall–Kier alpha value is -2.10. The summed E-state index contributed by atoms with van der Waals surface area (Å²) in [6.07, 6.45) is 0. The quantitative estimate of drug-likeness (QED) is 0.235. The van der Waals surface area contributed by atoms with E-state index in [1.165, 1.54) is 41.7 Å². The first kappa shape index (κ1) is 13.3. The average molecular weight is 378 g/mol. The van der Waals surface area contributed by atoms with Crippen LogP contribution >= 0.6 is 27.3 Å². The summed E-state index contributed by atoms with van der Waals surface area (Å²) in [6, 6.07) is 21.5. The van der Waals surface area contributed by atoms with Gasteiger partial charge in [-0.2, -0.15) is 0 Å². The fourth-order valence-corrected chi connectivity index (χ4v) is 5.24. The number of nitrogen functional groups attached to an aromatic ring is 1. The topological polar surface area (TPSA) is 26.0 Å². The van der Waals surface area contributed by atoms with Crippen molar-refractivity contribution in [2.75, 3.05) is 5.73 Å². The molecule has 0 bridgehead atoms. The first-order valence-corrected chi connectivity index (χ1v) is 9.05.